The molecule has 2 aliphatic rings. The van der Waals surface area contributed by atoms with Crippen molar-refractivity contribution in [1.82, 2.24) is 4.98 Å². The number of benzene rings is 2. The number of ether oxygens (including phenoxy) is 2. The monoisotopic (exact) mass is 400 g/mol. The summed E-state index contributed by atoms with van der Waals surface area (Å²) >= 11 is 0. The molecule has 1 aromatic heterocycles. The molecule has 152 valence electrons. The molecular formula is C24H24N4O2. The van der Waals surface area contributed by atoms with E-state index in [9.17, 15) is 0 Å². The van der Waals surface area contributed by atoms with Crippen LogP contribution in [-0.4, -0.2) is 32.1 Å². The normalized spacial score (nSPS) is 15.2. The Labute approximate surface area is 176 Å². The van der Waals surface area contributed by atoms with Crippen molar-refractivity contribution >= 4 is 29.0 Å². The van der Waals surface area contributed by atoms with Crippen LogP contribution in [0.5, 0.6) is 11.5 Å². The Morgan fingerprint density at radius 3 is 2.37 bits per heavy atom. The number of hydrogen-bond acceptors (Lipinski definition) is 6. The van der Waals surface area contributed by atoms with Crippen LogP contribution in [0.4, 0.5) is 22.7 Å². The predicted octanol–water partition coefficient (Wildman–Crippen LogP) is 5.03. The average molecular weight is 400 g/mol. The second-order valence-electron chi connectivity index (χ2n) is 7.55. The molecule has 3 aromatic rings. The fourth-order valence-electron chi connectivity index (χ4n) is 4.21. The predicted molar refractivity (Wildman–Crippen MR) is 120 cm³/mol. The maximum Gasteiger partial charge on any atom is 0.122 e. The van der Waals surface area contributed by atoms with E-state index in [-0.39, 0.29) is 6.04 Å². The van der Waals surface area contributed by atoms with Crippen LogP contribution in [0.3, 0.4) is 0 Å². The van der Waals surface area contributed by atoms with E-state index < -0.39 is 0 Å². The van der Waals surface area contributed by atoms with E-state index in [0.717, 1.165) is 41.5 Å². The van der Waals surface area contributed by atoms with E-state index in [1.165, 1.54) is 16.9 Å². The highest BCUT2D eigenvalue weighted by atomic mass is 16.5. The van der Waals surface area contributed by atoms with E-state index >= 15 is 0 Å². The molecule has 30 heavy (non-hydrogen) atoms. The third kappa shape index (κ3) is 3.05. The van der Waals surface area contributed by atoms with E-state index in [4.69, 9.17) is 9.47 Å². The summed E-state index contributed by atoms with van der Waals surface area (Å²) in [4.78, 5) is 13.5. The molecule has 0 amide bonds. The zero-order chi connectivity index (χ0) is 20.7. The fourth-order valence-corrected chi connectivity index (χ4v) is 4.21. The average Bonchev–Trinajstić information content (AvgIpc) is 3.41. The fraction of sp³-hybridized carbons (Fsp3) is 0.250. The lowest BCUT2D eigenvalue weighted by atomic mass is 10.0. The first-order valence-electron chi connectivity index (χ1n) is 10.0. The van der Waals surface area contributed by atoms with Gasteiger partial charge in [0.2, 0.25) is 0 Å². The van der Waals surface area contributed by atoms with Crippen LogP contribution < -0.4 is 19.3 Å². The summed E-state index contributed by atoms with van der Waals surface area (Å²) in [7, 11) is 3.37. The van der Waals surface area contributed by atoms with E-state index in [1.54, 1.807) is 14.2 Å². The molecule has 0 aliphatic carbocycles. The van der Waals surface area contributed by atoms with E-state index in [0.29, 0.717) is 0 Å². The molecule has 0 radical (unpaired) electrons. The van der Waals surface area contributed by atoms with Gasteiger partial charge in [-0.1, -0.05) is 0 Å². The molecule has 0 bridgehead atoms. The summed E-state index contributed by atoms with van der Waals surface area (Å²) < 4.78 is 11.0. The minimum atomic E-state index is 0.125. The number of rotatable bonds is 5. The van der Waals surface area contributed by atoms with Gasteiger partial charge in [0.05, 0.1) is 44.0 Å². The van der Waals surface area contributed by atoms with Gasteiger partial charge in [-0.3, -0.25) is 9.98 Å². The summed E-state index contributed by atoms with van der Waals surface area (Å²) in [5.74, 6) is 1.59. The molecule has 3 heterocycles. The molecule has 0 unspecified atom stereocenters. The van der Waals surface area contributed by atoms with E-state index in [1.807, 2.05) is 36.8 Å². The van der Waals surface area contributed by atoms with Gasteiger partial charge in [-0.2, -0.15) is 0 Å². The first kappa shape index (κ1) is 18.5. The molecule has 0 saturated carbocycles. The zero-order valence-corrected chi connectivity index (χ0v) is 17.4. The molecule has 6 heteroatoms. The highest BCUT2D eigenvalue weighted by Crippen LogP contribution is 2.48. The summed E-state index contributed by atoms with van der Waals surface area (Å²) in [6.07, 6.45) is 6.53. The standard InChI is InChI=1S/C24H24N4O2/c1-16(18-10-20(29-2)13-21(11-18)30-3)27-15-28(19-5-7-25-8-6-19)24-14-22-17(4-9-26-22)12-23(24)27/h5-14,16H,4,15H2,1-3H3/t16-/m1/s1. The van der Waals surface area contributed by atoms with Gasteiger partial charge in [-0.15, -0.1) is 0 Å². The van der Waals surface area contributed by atoms with Crippen molar-refractivity contribution in [2.45, 2.75) is 19.4 Å². The minimum absolute atomic E-state index is 0.125. The Hall–Kier alpha value is -3.54. The first-order chi connectivity index (χ1) is 14.7. The Kier molecular flexibility index (Phi) is 4.54. The lowest BCUT2D eigenvalue weighted by Gasteiger charge is -2.29. The maximum absolute atomic E-state index is 5.50. The van der Waals surface area contributed by atoms with Crippen LogP contribution in [0, 0.1) is 0 Å². The Morgan fingerprint density at radius 2 is 1.67 bits per heavy atom. The second-order valence-corrected chi connectivity index (χ2v) is 7.55. The Bertz CT molecular complexity index is 1090. The number of anilines is 3. The van der Waals surface area contributed by atoms with Crippen LogP contribution in [0.1, 0.15) is 24.1 Å². The van der Waals surface area contributed by atoms with Gasteiger partial charge in [0.15, 0.2) is 0 Å². The molecule has 2 aliphatic heterocycles. The van der Waals surface area contributed by atoms with Crippen LogP contribution in [0.2, 0.25) is 0 Å². The largest absolute Gasteiger partial charge is 0.497 e. The van der Waals surface area contributed by atoms with Gasteiger partial charge in [0.1, 0.15) is 11.5 Å². The van der Waals surface area contributed by atoms with Crippen LogP contribution in [0.25, 0.3) is 0 Å². The zero-order valence-electron chi connectivity index (χ0n) is 17.4. The Morgan fingerprint density at radius 1 is 0.933 bits per heavy atom. The molecule has 0 saturated heterocycles. The molecule has 0 N–H and O–H groups in total. The van der Waals surface area contributed by atoms with E-state index in [2.05, 4.69) is 51.0 Å². The van der Waals surface area contributed by atoms with Crippen LogP contribution in [0.15, 0.2) is 59.9 Å². The molecule has 5 rings (SSSR count). The highest BCUT2D eigenvalue weighted by Gasteiger charge is 2.32. The molecule has 2 aromatic carbocycles. The SMILES string of the molecule is COc1cc(OC)cc([C@@H](C)N2CN(c3ccncc3)c3cc4c(cc32)CC=N4)c1. The van der Waals surface area contributed by atoms with Crippen molar-refractivity contribution in [3.05, 3.63) is 66.0 Å². The topological polar surface area (TPSA) is 50.2 Å². The number of aromatic nitrogens is 1. The number of nitrogens with zero attached hydrogens (tertiary/aromatic N) is 4. The van der Waals surface area contributed by atoms with Crippen molar-refractivity contribution in [2.24, 2.45) is 4.99 Å². The van der Waals surface area contributed by atoms with Gasteiger partial charge in [0.25, 0.3) is 0 Å². The smallest absolute Gasteiger partial charge is 0.122 e. The summed E-state index contributed by atoms with van der Waals surface area (Å²) in [6, 6.07) is 14.8. The molecule has 0 fully saturated rings. The minimum Gasteiger partial charge on any atom is -0.497 e. The van der Waals surface area contributed by atoms with Crippen LogP contribution >= 0.6 is 0 Å². The number of aliphatic imine (C=N–C) groups is 1. The second kappa shape index (κ2) is 7.37. The maximum atomic E-state index is 5.50. The summed E-state index contributed by atoms with van der Waals surface area (Å²) in [6.45, 7) is 2.96. The number of methoxy groups -OCH3 is 2. The number of fused-ring (bicyclic) bond motifs is 2. The van der Waals surface area contributed by atoms with Crippen molar-refractivity contribution < 1.29 is 9.47 Å². The third-order valence-corrected chi connectivity index (χ3v) is 5.91. The van der Waals surface area contributed by atoms with Crippen molar-refractivity contribution in [3.63, 3.8) is 0 Å². The van der Waals surface area contributed by atoms with Gasteiger partial charge in [-0.25, -0.2) is 0 Å². The van der Waals surface area contributed by atoms with Gasteiger partial charge in [-0.05, 0) is 54.4 Å². The summed E-state index contributed by atoms with van der Waals surface area (Å²) in [5.41, 5.74) is 6.97. The van der Waals surface area contributed by atoms with Gasteiger partial charge in [0, 0.05) is 36.8 Å². The molecular weight excluding hydrogens is 376 g/mol. The van der Waals surface area contributed by atoms with Crippen molar-refractivity contribution in [1.29, 1.82) is 0 Å². The number of hydrogen-bond donors (Lipinski definition) is 0. The van der Waals surface area contributed by atoms with Crippen molar-refractivity contribution in [2.75, 3.05) is 30.7 Å². The third-order valence-electron chi connectivity index (χ3n) is 5.91. The lowest BCUT2D eigenvalue weighted by molar-refractivity contribution is 0.392. The quantitative estimate of drug-likeness (QED) is 0.601. The summed E-state index contributed by atoms with van der Waals surface area (Å²) in [5, 5.41) is 0. The van der Waals surface area contributed by atoms with Crippen molar-refractivity contribution in [3.8, 4) is 11.5 Å². The molecule has 0 spiro atoms. The number of pyridine rings is 1. The first-order valence-corrected chi connectivity index (χ1v) is 10.0. The highest BCUT2D eigenvalue weighted by molar-refractivity contribution is 5.89. The Balaban J connectivity index is 1.59. The van der Waals surface area contributed by atoms with Gasteiger partial charge < -0.3 is 19.3 Å². The van der Waals surface area contributed by atoms with Crippen LogP contribution in [-0.2, 0) is 6.42 Å². The molecule has 1 atom stereocenters. The molecule has 6 nitrogen and oxygen atoms in total. The van der Waals surface area contributed by atoms with Gasteiger partial charge >= 0.3 is 0 Å². The lowest BCUT2D eigenvalue weighted by Crippen LogP contribution is -2.30.